The molecule has 0 amide bonds. The van der Waals surface area contributed by atoms with Crippen molar-refractivity contribution in [2.75, 3.05) is 13.7 Å². The molecular weight excluding hydrogens is 370 g/mol. The van der Waals surface area contributed by atoms with Crippen LogP contribution in [0, 0.1) is 0 Å². The maximum atomic E-state index is 14.0. The quantitative estimate of drug-likeness (QED) is 0.531. The number of ether oxygens (including phenoxy) is 2. The maximum Gasteiger partial charge on any atom is 0.381 e. The molecule has 0 N–H and O–H groups in total. The van der Waals surface area contributed by atoms with Crippen LogP contribution in [0.25, 0.3) is 0 Å². The fourth-order valence-electron chi connectivity index (χ4n) is 2.60. The van der Waals surface area contributed by atoms with Gasteiger partial charge in [0.25, 0.3) is 0 Å². The van der Waals surface area contributed by atoms with Crippen LogP contribution < -0.4 is 0 Å². The van der Waals surface area contributed by atoms with Gasteiger partial charge in [0.1, 0.15) is 0 Å². The van der Waals surface area contributed by atoms with Gasteiger partial charge in [0, 0.05) is 16.7 Å². The van der Waals surface area contributed by atoms with Crippen LogP contribution in [0.1, 0.15) is 46.8 Å². The minimum Gasteiger partial charge on any atom is -0.469 e. The van der Waals surface area contributed by atoms with Crippen LogP contribution in [0.2, 0.25) is 0 Å². The SMILES string of the molecule is CCOC(=O)C(F)(F)c1ccc(C(=O)c2cccc([C@@H](C)C(=O)OC)c2)cc1. The second-order valence-corrected chi connectivity index (χ2v) is 6.07. The van der Waals surface area contributed by atoms with Gasteiger partial charge in [-0.1, -0.05) is 42.5 Å². The number of hydrogen-bond acceptors (Lipinski definition) is 5. The summed E-state index contributed by atoms with van der Waals surface area (Å²) in [6.07, 6.45) is 0. The molecule has 0 radical (unpaired) electrons. The highest BCUT2D eigenvalue weighted by Gasteiger charge is 2.42. The Kier molecular flexibility index (Phi) is 6.62. The molecule has 0 unspecified atom stereocenters. The largest absolute Gasteiger partial charge is 0.469 e. The van der Waals surface area contributed by atoms with Gasteiger partial charge in [0.15, 0.2) is 5.78 Å². The molecule has 2 aromatic carbocycles. The third-order valence-electron chi connectivity index (χ3n) is 4.24. The molecular formula is C21H20F2O5. The van der Waals surface area contributed by atoms with E-state index >= 15 is 0 Å². The van der Waals surface area contributed by atoms with Gasteiger partial charge >= 0.3 is 17.9 Å². The number of ketones is 1. The molecule has 0 saturated carbocycles. The van der Waals surface area contributed by atoms with Gasteiger partial charge in [-0.25, -0.2) is 4.79 Å². The van der Waals surface area contributed by atoms with Gasteiger partial charge in [-0.05, 0) is 25.5 Å². The predicted octanol–water partition coefficient (Wildman–Crippen LogP) is 3.85. The Labute approximate surface area is 161 Å². The monoisotopic (exact) mass is 390 g/mol. The Bertz CT molecular complexity index is 875. The number of carbonyl (C=O) groups is 3. The minimum atomic E-state index is -3.80. The van der Waals surface area contributed by atoms with Crippen LogP contribution >= 0.6 is 0 Å². The van der Waals surface area contributed by atoms with E-state index in [0.717, 1.165) is 12.1 Å². The summed E-state index contributed by atoms with van der Waals surface area (Å²) in [5, 5.41) is 0. The van der Waals surface area contributed by atoms with E-state index < -0.39 is 35.1 Å². The lowest BCUT2D eigenvalue weighted by Gasteiger charge is -2.15. The van der Waals surface area contributed by atoms with Crippen LogP contribution in [0.3, 0.4) is 0 Å². The van der Waals surface area contributed by atoms with Crippen molar-refractivity contribution in [1.29, 1.82) is 0 Å². The third kappa shape index (κ3) is 4.42. The molecule has 0 aliphatic carbocycles. The molecule has 0 fully saturated rings. The third-order valence-corrected chi connectivity index (χ3v) is 4.24. The number of rotatable bonds is 7. The standard InChI is InChI=1S/C21H20F2O5/c1-4-28-20(26)21(22,23)17-10-8-14(9-11-17)18(24)16-7-5-6-15(12-16)13(2)19(25)27-3/h5-13H,4H2,1-3H3/t13-/m1/s1. The summed E-state index contributed by atoms with van der Waals surface area (Å²) in [4.78, 5) is 35.8. The van der Waals surface area contributed by atoms with E-state index in [4.69, 9.17) is 4.74 Å². The van der Waals surface area contributed by atoms with E-state index in [2.05, 4.69) is 4.74 Å². The zero-order valence-corrected chi connectivity index (χ0v) is 15.7. The number of alkyl halides is 2. The van der Waals surface area contributed by atoms with Crippen LogP contribution in [0.15, 0.2) is 48.5 Å². The van der Waals surface area contributed by atoms with Crippen LogP contribution in [-0.2, 0) is 25.0 Å². The summed E-state index contributed by atoms with van der Waals surface area (Å²) in [6, 6.07) is 10.9. The van der Waals surface area contributed by atoms with Gasteiger partial charge in [-0.3, -0.25) is 9.59 Å². The van der Waals surface area contributed by atoms with Crippen LogP contribution in [-0.4, -0.2) is 31.4 Å². The Morgan fingerprint density at radius 2 is 1.68 bits per heavy atom. The zero-order valence-electron chi connectivity index (χ0n) is 15.7. The lowest BCUT2D eigenvalue weighted by Crippen LogP contribution is -2.28. The van der Waals surface area contributed by atoms with Crippen molar-refractivity contribution in [1.82, 2.24) is 0 Å². The molecule has 0 spiro atoms. The summed E-state index contributed by atoms with van der Waals surface area (Å²) in [6.45, 7) is 2.93. The Hall–Kier alpha value is -3.09. The molecule has 5 nitrogen and oxygen atoms in total. The molecule has 0 heterocycles. The average Bonchev–Trinajstić information content (AvgIpc) is 2.72. The summed E-state index contributed by atoms with van der Waals surface area (Å²) in [5.74, 6) is -6.82. The van der Waals surface area contributed by atoms with Crippen LogP contribution in [0.5, 0.6) is 0 Å². The molecule has 2 aromatic rings. The average molecular weight is 390 g/mol. The first-order valence-electron chi connectivity index (χ1n) is 8.60. The summed E-state index contributed by atoms with van der Waals surface area (Å²) in [5.41, 5.74) is 0.517. The maximum absolute atomic E-state index is 14.0. The van der Waals surface area contributed by atoms with Gasteiger partial charge in [-0.15, -0.1) is 0 Å². The number of halogens is 2. The molecule has 0 aromatic heterocycles. The Morgan fingerprint density at radius 1 is 1.04 bits per heavy atom. The second-order valence-electron chi connectivity index (χ2n) is 6.07. The van der Waals surface area contributed by atoms with E-state index in [9.17, 15) is 23.2 Å². The second kappa shape index (κ2) is 8.73. The van der Waals surface area contributed by atoms with Crippen LogP contribution in [0.4, 0.5) is 8.78 Å². The van der Waals surface area contributed by atoms with E-state index in [1.54, 1.807) is 31.2 Å². The molecule has 1 atom stereocenters. The number of carbonyl (C=O) groups excluding carboxylic acids is 3. The summed E-state index contributed by atoms with van der Waals surface area (Å²) >= 11 is 0. The lowest BCUT2D eigenvalue weighted by molar-refractivity contribution is -0.173. The number of esters is 2. The molecule has 28 heavy (non-hydrogen) atoms. The molecule has 148 valence electrons. The van der Waals surface area contributed by atoms with E-state index in [1.165, 1.54) is 26.2 Å². The van der Waals surface area contributed by atoms with Crippen molar-refractivity contribution in [3.8, 4) is 0 Å². The summed E-state index contributed by atoms with van der Waals surface area (Å²) in [7, 11) is 1.28. The first-order chi connectivity index (χ1) is 13.2. The lowest BCUT2D eigenvalue weighted by atomic mass is 9.95. The minimum absolute atomic E-state index is 0.161. The number of hydrogen-bond donors (Lipinski definition) is 0. The molecule has 0 saturated heterocycles. The predicted molar refractivity (Wildman–Crippen MR) is 97.3 cm³/mol. The normalized spacial score (nSPS) is 12.2. The van der Waals surface area contributed by atoms with Gasteiger partial charge in [0.05, 0.1) is 19.6 Å². The molecule has 0 aliphatic rings. The summed E-state index contributed by atoms with van der Waals surface area (Å²) < 4.78 is 37.2. The van der Waals surface area contributed by atoms with E-state index in [0.29, 0.717) is 11.1 Å². The Morgan fingerprint density at radius 3 is 2.25 bits per heavy atom. The Balaban J connectivity index is 2.26. The highest BCUT2D eigenvalue weighted by Crippen LogP contribution is 2.30. The van der Waals surface area contributed by atoms with Crippen molar-refractivity contribution in [3.63, 3.8) is 0 Å². The first kappa shape index (κ1) is 21.2. The zero-order chi connectivity index (χ0) is 20.9. The van der Waals surface area contributed by atoms with Gasteiger partial charge in [0.2, 0.25) is 0 Å². The molecule has 0 bridgehead atoms. The topological polar surface area (TPSA) is 69.7 Å². The van der Waals surface area contributed by atoms with Crippen molar-refractivity contribution in [3.05, 3.63) is 70.8 Å². The van der Waals surface area contributed by atoms with E-state index in [1.807, 2.05) is 0 Å². The first-order valence-corrected chi connectivity index (χ1v) is 8.60. The van der Waals surface area contributed by atoms with Crippen molar-refractivity contribution < 1.29 is 32.6 Å². The van der Waals surface area contributed by atoms with Crippen molar-refractivity contribution >= 4 is 17.7 Å². The smallest absolute Gasteiger partial charge is 0.381 e. The van der Waals surface area contributed by atoms with Crippen molar-refractivity contribution in [2.45, 2.75) is 25.7 Å². The molecule has 0 aliphatic heterocycles. The fraction of sp³-hybridized carbons (Fsp3) is 0.286. The molecule has 2 rings (SSSR count). The van der Waals surface area contributed by atoms with E-state index in [-0.39, 0.29) is 12.2 Å². The van der Waals surface area contributed by atoms with Gasteiger partial charge < -0.3 is 9.47 Å². The van der Waals surface area contributed by atoms with Crippen molar-refractivity contribution in [2.24, 2.45) is 0 Å². The molecule has 7 heteroatoms. The van der Waals surface area contributed by atoms with Gasteiger partial charge in [-0.2, -0.15) is 8.78 Å². The highest BCUT2D eigenvalue weighted by molar-refractivity contribution is 6.09. The number of benzene rings is 2. The fourth-order valence-corrected chi connectivity index (χ4v) is 2.60. The number of methoxy groups -OCH3 is 1. The highest BCUT2D eigenvalue weighted by atomic mass is 19.3.